The zero-order valence-electron chi connectivity index (χ0n) is 10.7. The van der Waals surface area contributed by atoms with Crippen molar-refractivity contribution in [1.29, 1.82) is 0 Å². The van der Waals surface area contributed by atoms with Crippen LogP contribution in [0.2, 0.25) is 0 Å². The van der Waals surface area contributed by atoms with Crippen LogP contribution in [0.3, 0.4) is 0 Å². The van der Waals surface area contributed by atoms with E-state index in [0.29, 0.717) is 23.2 Å². The van der Waals surface area contributed by atoms with Gasteiger partial charge in [-0.1, -0.05) is 13.3 Å². The zero-order chi connectivity index (χ0) is 13.0. The van der Waals surface area contributed by atoms with E-state index in [0.717, 1.165) is 12.1 Å². The molecule has 1 atom stereocenters. The number of nitrogen functional groups attached to an aromatic ring is 1. The molecule has 1 amide bonds. The van der Waals surface area contributed by atoms with Crippen LogP contribution < -0.4 is 11.1 Å². The lowest BCUT2D eigenvalue weighted by atomic mass is 10.2. The minimum atomic E-state index is -0.172. The molecule has 4 N–H and O–H groups in total. The standard InChI is InChI=1S/C12H20N4OS/c1-2-9-10(13)11(16-15-9)12(17)14-7-8-5-3-4-6-18-8/h8H,2-7,13H2,1H3,(H,14,17)(H,15,16). The lowest BCUT2D eigenvalue weighted by Crippen LogP contribution is -2.32. The van der Waals surface area contributed by atoms with E-state index in [1.807, 2.05) is 18.7 Å². The van der Waals surface area contributed by atoms with Crippen molar-refractivity contribution in [3.05, 3.63) is 11.4 Å². The van der Waals surface area contributed by atoms with Crippen LogP contribution >= 0.6 is 11.8 Å². The summed E-state index contributed by atoms with van der Waals surface area (Å²) in [6.07, 6.45) is 4.49. The van der Waals surface area contributed by atoms with E-state index in [2.05, 4.69) is 15.5 Å². The van der Waals surface area contributed by atoms with Crippen LogP contribution in [0.1, 0.15) is 42.4 Å². The van der Waals surface area contributed by atoms with Gasteiger partial charge in [0.1, 0.15) is 0 Å². The molecular weight excluding hydrogens is 248 g/mol. The molecule has 1 aliphatic rings. The molecule has 2 heterocycles. The third kappa shape index (κ3) is 2.98. The number of H-pyrrole nitrogens is 1. The second-order valence-electron chi connectivity index (χ2n) is 4.52. The molecule has 6 heteroatoms. The summed E-state index contributed by atoms with van der Waals surface area (Å²) in [5, 5.41) is 10.2. The summed E-state index contributed by atoms with van der Waals surface area (Å²) >= 11 is 1.94. The van der Waals surface area contributed by atoms with E-state index in [1.54, 1.807) is 0 Å². The predicted octanol–water partition coefficient (Wildman–Crippen LogP) is 1.57. The Morgan fingerprint density at radius 1 is 1.61 bits per heavy atom. The quantitative estimate of drug-likeness (QED) is 0.774. The Morgan fingerprint density at radius 3 is 3.06 bits per heavy atom. The molecule has 0 spiro atoms. The molecule has 0 saturated carbocycles. The number of nitrogens with two attached hydrogens (primary N) is 1. The summed E-state index contributed by atoms with van der Waals surface area (Å²) in [4.78, 5) is 12.0. The average Bonchev–Trinajstić information content (AvgIpc) is 2.78. The highest BCUT2D eigenvalue weighted by Crippen LogP contribution is 2.24. The van der Waals surface area contributed by atoms with Crippen LogP contribution in [0.5, 0.6) is 0 Å². The minimum absolute atomic E-state index is 0.172. The van der Waals surface area contributed by atoms with Gasteiger partial charge in [-0.25, -0.2) is 0 Å². The summed E-state index contributed by atoms with van der Waals surface area (Å²) in [6, 6.07) is 0. The highest BCUT2D eigenvalue weighted by molar-refractivity contribution is 7.99. The summed E-state index contributed by atoms with van der Waals surface area (Å²) in [7, 11) is 0. The highest BCUT2D eigenvalue weighted by Gasteiger charge is 2.19. The number of carbonyl (C=O) groups is 1. The van der Waals surface area contributed by atoms with Gasteiger partial charge < -0.3 is 11.1 Å². The molecule has 1 unspecified atom stereocenters. The Kier molecular flexibility index (Phi) is 4.52. The molecule has 1 fully saturated rings. The molecule has 1 saturated heterocycles. The molecular formula is C12H20N4OS. The smallest absolute Gasteiger partial charge is 0.273 e. The fourth-order valence-corrected chi connectivity index (χ4v) is 3.33. The molecule has 0 radical (unpaired) electrons. The number of rotatable bonds is 4. The molecule has 1 aromatic rings. The summed E-state index contributed by atoms with van der Waals surface area (Å²) in [5.41, 5.74) is 7.49. The molecule has 2 rings (SSSR count). The van der Waals surface area contributed by atoms with Gasteiger partial charge in [0, 0.05) is 11.8 Å². The van der Waals surface area contributed by atoms with Gasteiger partial charge in [0.15, 0.2) is 5.69 Å². The van der Waals surface area contributed by atoms with Crippen molar-refractivity contribution >= 4 is 23.4 Å². The molecule has 1 aliphatic heterocycles. The largest absolute Gasteiger partial charge is 0.395 e. The van der Waals surface area contributed by atoms with Crippen LogP contribution in [0.15, 0.2) is 0 Å². The van der Waals surface area contributed by atoms with Gasteiger partial charge in [-0.3, -0.25) is 9.89 Å². The summed E-state index contributed by atoms with van der Waals surface area (Å²) in [6.45, 7) is 2.68. The minimum Gasteiger partial charge on any atom is -0.395 e. The van der Waals surface area contributed by atoms with Gasteiger partial charge in [-0.05, 0) is 25.0 Å². The third-order valence-corrected chi connectivity index (χ3v) is 4.61. The van der Waals surface area contributed by atoms with Crippen LogP contribution in [0.4, 0.5) is 5.69 Å². The number of hydrogen-bond acceptors (Lipinski definition) is 4. The molecule has 0 bridgehead atoms. The molecule has 5 nitrogen and oxygen atoms in total. The van der Waals surface area contributed by atoms with Crippen molar-refractivity contribution < 1.29 is 4.79 Å². The molecule has 0 aromatic carbocycles. The maximum absolute atomic E-state index is 12.0. The second-order valence-corrected chi connectivity index (χ2v) is 5.92. The average molecular weight is 268 g/mol. The van der Waals surface area contributed by atoms with Gasteiger partial charge in [0.2, 0.25) is 0 Å². The van der Waals surface area contributed by atoms with E-state index in [-0.39, 0.29) is 5.91 Å². The highest BCUT2D eigenvalue weighted by atomic mass is 32.2. The van der Waals surface area contributed by atoms with Gasteiger partial charge in [-0.15, -0.1) is 0 Å². The van der Waals surface area contributed by atoms with Crippen molar-refractivity contribution in [2.45, 2.75) is 37.9 Å². The zero-order valence-corrected chi connectivity index (χ0v) is 11.5. The molecule has 1 aromatic heterocycles. The maximum atomic E-state index is 12.0. The normalized spacial score (nSPS) is 19.7. The first kappa shape index (κ1) is 13.3. The van der Waals surface area contributed by atoms with Crippen molar-refractivity contribution in [2.75, 3.05) is 18.0 Å². The van der Waals surface area contributed by atoms with Crippen LogP contribution in [0.25, 0.3) is 0 Å². The number of aryl methyl sites for hydroxylation is 1. The number of hydrogen-bond donors (Lipinski definition) is 3. The number of nitrogens with zero attached hydrogens (tertiary/aromatic N) is 1. The van der Waals surface area contributed by atoms with Crippen molar-refractivity contribution in [3.63, 3.8) is 0 Å². The summed E-state index contributed by atoms with van der Waals surface area (Å²) in [5.74, 6) is 1.03. The Balaban J connectivity index is 1.88. The van der Waals surface area contributed by atoms with Crippen LogP contribution in [0, 0.1) is 0 Å². The van der Waals surface area contributed by atoms with E-state index >= 15 is 0 Å². The Bertz CT molecular complexity index is 412. The number of thioether (sulfide) groups is 1. The first-order valence-electron chi connectivity index (χ1n) is 6.45. The van der Waals surface area contributed by atoms with Gasteiger partial charge in [-0.2, -0.15) is 16.9 Å². The number of nitrogens with one attached hydrogen (secondary N) is 2. The van der Waals surface area contributed by atoms with E-state index in [4.69, 9.17) is 5.73 Å². The number of aromatic nitrogens is 2. The third-order valence-electron chi connectivity index (χ3n) is 3.22. The predicted molar refractivity (Wildman–Crippen MR) is 74.8 cm³/mol. The van der Waals surface area contributed by atoms with Gasteiger partial charge >= 0.3 is 0 Å². The Labute approximate surface area is 111 Å². The number of anilines is 1. The molecule has 100 valence electrons. The Morgan fingerprint density at radius 2 is 2.44 bits per heavy atom. The molecule has 18 heavy (non-hydrogen) atoms. The van der Waals surface area contributed by atoms with E-state index in [1.165, 1.54) is 25.0 Å². The second kappa shape index (κ2) is 6.13. The Hall–Kier alpha value is -1.17. The van der Waals surface area contributed by atoms with Crippen molar-refractivity contribution in [2.24, 2.45) is 0 Å². The lowest BCUT2D eigenvalue weighted by molar-refractivity contribution is 0.0949. The summed E-state index contributed by atoms with van der Waals surface area (Å²) < 4.78 is 0. The number of amides is 1. The van der Waals surface area contributed by atoms with Crippen molar-refractivity contribution in [3.8, 4) is 0 Å². The fraction of sp³-hybridized carbons (Fsp3) is 0.667. The van der Waals surface area contributed by atoms with Crippen LogP contribution in [-0.2, 0) is 6.42 Å². The van der Waals surface area contributed by atoms with E-state index in [9.17, 15) is 4.79 Å². The monoisotopic (exact) mass is 268 g/mol. The fourth-order valence-electron chi connectivity index (χ4n) is 2.09. The van der Waals surface area contributed by atoms with Gasteiger partial charge in [0.25, 0.3) is 5.91 Å². The van der Waals surface area contributed by atoms with E-state index < -0.39 is 0 Å². The van der Waals surface area contributed by atoms with Crippen LogP contribution in [-0.4, -0.2) is 33.7 Å². The SMILES string of the molecule is CCc1[nH]nc(C(=O)NCC2CCCCS2)c1N. The molecule has 0 aliphatic carbocycles. The number of carbonyl (C=O) groups excluding carboxylic acids is 1. The maximum Gasteiger partial charge on any atom is 0.273 e. The topological polar surface area (TPSA) is 83.8 Å². The first-order chi connectivity index (χ1) is 8.72. The first-order valence-corrected chi connectivity index (χ1v) is 7.49. The lowest BCUT2D eigenvalue weighted by Gasteiger charge is -2.21. The van der Waals surface area contributed by atoms with Crippen molar-refractivity contribution in [1.82, 2.24) is 15.5 Å². The van der Waals surface area contributed by atoms with Gasteiger partial charge in [0.05, 0.1) is 11.4 Å². The number of aromatic amines is 1.